The van der Waals surface area contributed by atoms with Crippen molar-refractivity contribution in [2.24, 2.45) is 0 Å². The smallest absolute Gasteiger partial charge is 0.250 e. The van der Waals surface area contributed by atoms with Gasteiger partial charge in [0, 0.05) is 23.8 Å². The number of hydrogen-bond donors (Lipinski definition) is 1. The molecule has 0 spiro atoms. The summed E-state index contributed by atoms with van der Waals surface area (Å²) in [6, 6.07) is 6.37. The van der Waals surface area contributed by atoms with Gasteiger partial charge < -0.3 is 23.7 Å². The summed E-state index contributed by atoms with van der Waals surface area (Å²) in [5, 5.41) is 20.1. The monoisotopic (exact) mass is 558 g/mol. The van der Waals surface area contributed by atoms with Crippen LogP contribution < -0.4 is 4.43 Å². The number of aliphatic hydroxyl groups excluding tert-OH is 1. The van der Waals surface area contributed by atoms with Crippen molar-refractivity contribution >= 4 is 19.2 Å². The molecule has 0 aliphatic carbocycles. The largest absolute Gasteiger partial charge is 0.543 e. The molecule has 9 nitrogen and oxygen atoms in total. The van der Waals surface area contributed by atoms with E-state index in [0.29, 0.717) is 26.4 Å². The summed E-state index contributed by atoms with van der Waals surface area (Å²) in [7, 11) is -2.00. The lowest BCUT2D eigenvalue weighted by Crippen LogP contribution is -2.43. The van der Waals surface area contributed by atoms with E-state index >= 15 is 0 Å². The third kappa shape index (κ3) is 7.29. The molecule has 0 saturated carbocycles. The first-order valence-electron chi connectivity index (χ1n) is 14.2. The molecule has 0 bridgehead atoms. The van der Waals surface area contributed by atoms with E-state index in [4.69, 9.17) is 23.7 Å². The Labute approximate surface area is 233 Å². The lowest BCUT2D eigenvalue weighted by Gasteiger charge is -2.36. The zero-order valence-corrected chi connectivity index (χ0v) is 25.6. The molecule has 10 heteroatoms. The van der Waals surface area contributed by atoms with Gasteiger partial charge in [-0.3, -0.25) is 4.68 Å². The topological polar surface area (TPSA) is 92.8 Å². The zero-order chi connectivity index (χ0) is 28.2. The molecule has 3 heterocycles. The number of aromatic nitrogens is 4. The van der Waals surface area contributed by atoms with Gasteiger partial charge in [0.1, 0.15) is 11.4 Å². The van der Waals surface area contributed by atoms with Crippen molar-refractivity contribution in [2.75, 3.05) is 33.0 Å². The van der Waals surface area contributed by atoms with Crippen LogP contribution in [0.4, 0.5) is 0 Å². The van der Waals surface area contributed by atoms with Crippen molar-refractivity contribution in [3.8, 4) is 17.0 Å². The van der Waals surface area contributed by atoms with Crippen LogP contribution in [0.25, 0.3) is 22.2 Å². The molecule has 0 radical (unpaired) electrons. The normalized spacial score (nSPS) is 18.4. The van der Waals surface area contributed by atoms with Crippen LogP contribution in [-0.4, -0.2) is 72.1 Å². The molecule has 2 aromatic heterocycles. The van der Waals surface area contributed by atoms with E-state index in [1.165, 1.54) is 0 Å². The number of hydrogen-bond acceptors (Lipinski definition) is 7. The Hall–Kier alpha value is -2.24. The Kier molecular flexibility index (Phi) is 9.54. The molecule has 1 N–H and O–H groups in total. The fraction of sp³-hybridized carbons (Fsp3) is 0.655. The third-order valence-electron chi connectivity index (χ3n) is 7.70. The second kappa shape index (κ2) is 12.5. The number of ether oxygens (including phenoxy) is 3. The van der Waals surface area contributed by atoms with Gasteiger partial charge in [-0.1, -0.05) is 20.8 Å². The number of rotatable bonds is 12. The van der Waals surface area contributed by atoms with Crippen LogP contribution in [0.3, 0.4) is 0 Å². The fourth-order valence-electron chi connectivity index (χ4n) is 4.38. The van der Waals surface area contributed by atoms with E-state index in [0.717, 1.165) is 53.8 Å². The highest BCUT2D eigenvalue weighted by molar-refractivity contribution is 6.74. The first-order valence-corrected chi connectivity index (χ1v) is 17.1. The molecule has 1 aliphatic heterocycles. The fourth-order valence-corrected chi connectivity index (χ4v) is 5.41. The molecule has 39 heavy (non-hydrogen) atoms. The van der Waals surface area contributed by atoms with Crippen LogP contribution in [0.1, 0.15) is 66.2 Å². The zero-order valence-electron chi connectivity index (χ0n) is 24.6. The average molecular weight is 559 g/mol. The minimum absolute atomic E-state index is 0.0445. The second-order valence-corrected chi connectivity index (χ2v) is 16.9. The predicted octanol–water partition coefficient (Wildman–Crippen LogP) is 5.96. The highest BCUT2D eigenvalue weighted by Crippen LogP contribution is 2.40. The van der Waals surface area contributed by atoms with Crippen molar-refractivity contribution in [1.29, 1.82) is 0 Å². The molecular weight excluding hydrogens is 512 g/mol. The van der Waals surface area contributed by atoms with Crippen molar-refractivity contribution < 1.29 is 23.7 Å². The number of nitrogens with zero attached hydrogens (tertiary/aromatic N) is 4. The maximum absolute atomic E-state index is 9.28. The first kappa shape index (κ1) is 29.7. The lowest BCUT2D eigenvalue weighted by atomic mass is 10.1. The van der Waals surface area contributed by atoms with Gasteiger partial charge in [0.05, 0.1) is 50.3 Å². The quantitative estimate of drug-likeness (QED) is 0.217. The Morgan fingerprint density at radius 1 is 1.13 bits per heavy atom. The van der Waals surface area contributed by atoms with Crippen molar-refractivity contribution in [2.45, 2.75) is 90.4 Å². The molecule has 4 rings (SSSR count). The predicted molar refractivity (Wildman–Crippen MR) is 156 cm³/mol. The van der Waals surface area contributed by atoms with Crippen LogP contribution in [0, 0.1) is 0 Å². The Balaban J connectivity index is 1.57. The summed E-state index contributed by atoms with van der Waals surface area (Å²) < 4.78 is 27.9. The third-order valence-corrected chi connectivity index (χ3v) is 12.1. The molecule has 1 saturated heterocycles. The molecule has 216 valence electrons. The van der Waals surface area contributed by atoms with Crippen LogP contribution in [-0.2, 0) is 14.2 Å². The summed E-state index contributed by atoms with van der Waals surface area (Å²) in [5.41, 5.74) is 2.87. The molecule has 3 aromatic rings. The van der Waals surface area contributed by atoms with E-state index < -0.39 is 14.4 Å². The van der Waals surface area contributed by atoms with Crippen molar-refractivity contribution in [3.63, 3.8) is 0 Å². The minimum Gasteiger partial charge on any atom is -0.543 e. The van der Waals surface area contributed by atoms with E-state index in [1.807, 2.05) is 21.8 Å². The minimum atomic E-state index is -2.00. The maximum Gasteiger partial charge on any atom is 0.250 e. The molecule has 0 amide bonds. The molecule has 1 aromatic carbocycles. The van der Waals surface area contributed by atoms with Crippen molar-refractivity contribution in [1.82, 2.24) is 19.6 Å². The number of fused-ring (bicyclic) bond motifs is 1. The SMILES string of the molecule is C[C@@H](O)COCCOC[C@H](C)n1cc(-c2nn(C3CCCCO3)c3ccc(O[Si](C)(C)C(C)(C)C)cc23)cn1. The van der Waals surface area contributed by atoms with Crippen molar-refractivity contribution in [3.05, 3.63) is 30.6 Å². The summed E-state index contributed by atoms with van der Waals surface area (Å²) in [5.74, 6) is 0.881. The summed E-state index contributed by atoms with van der Waals surface area (Å²) in [6.45, 7) is 17.6. The second-order valence-electron chi connectivity index (χ2n) is 12.2. The Morgan fingerprint density at radius 3 is 2.54 bits per heavy atom. The van der Waals surface area contributed by atoms with E-state index in [1.54, 1.807) is 6.92 Å². The van der Waals surface area contributed by atoms with Crippen LogP contribution in [0.15, 0.2) is 30.6 Å². The van der Waals surface area contributed by atoms with Crippen LogP contribution in [0.2, 0.25) is 18.1 Å². The van der Waals surface area contributed by atoms with E-state index in [9.17, 15) is 5.11 Å². The highest BCUT2D eigenvalue weighted by Gasteiger charge is 2.39. The number of benzene rings is 1. The molecule has 3 atom stereocenters. The Bertz CT molecular complexity index is 1210. The van der Waals surface area contributed by atoms with Gasteiger partial charge in [-0.25, -0.2) is 4.68 Å². The number of aliphatic hydroxyl groups is 1. The highest BCUT2D eigenvalue weighted by atomic mass is 28.4. The van der Waals surface area contributed by atoms with E-state index in [2.05, 4.69) is 64.1 Å². The lowest BCUT2D eigenvalue weighted by molar-refractivity contribution is -0.0365. The van der Waals surface area contributed by atoms with Crippen LogP contribution in [0.5, 0.6) is 5.75 Å². The molecule has 1 aliphatic rings. The molecular formula is C29H46N4O5Si. The Morgan fingerprint density at radius 2 is 1.87 bits per heavy atom. The average Bonchev–Trinajstić information content (AvgIpc) is 3.50. The summed E-state index contributed by atoms with van der Waals surface area (Å²) in [6.07, 6.45) is 6.54. The van der Waals surface area contributed by atoms with Gasteiger partial charge in [-0.15, -0.1) is 0 Å². The summed E-state index contributed by atoms with van der Waals surface area (Å²) >= 11 is 0. The molecule has 1 unspecified atom stereocenters. The maximum atomic E-state index is 9.28. The van der Waals surface area contributed by atoms with Gasteiger partial charge >= 0.3 is 0 Å². The van der Waals surface area contributed by atoms with Gasteiger partial charge in [-0.2, -0.15) is 10.2 Å². The summed E-state index contributed by atoms with van der Waals surface area (Å²) in [4.78, 5) is 0. The standard InChI is InChI=1S/C29H46N4O5Si/c1-21(19-35-14-15-36-20-22(2)34)32-18-23(17-30-32)28-25-16-24(38-39(6,7)29(3,4)5)11-12-26(25)33(31-28)27-10-8-9-13-37-27/h11-12,16-18,21-22,27,34H,8-10,13-15,19-20H2,1-7H3/t21-,22+,27?/m0/s1. The van der Waals surface area contributed by atoms with Gasteiger partial charge in [0.15, 0.2) is 6.23 Å². The van der Waals surface area contributed by atoms with E-state index in [-0.39, 0.29) is 17.3 Å². The van der Waals surface area contributed by atoms with Gasteiger partial charge in [0.2, 0.25) is 8.32 Å². The van der Waals surface area contributed by atoms with Crippen LogP contribution >= 0.6 is 0 Å². The first-order chi connectivity index (χ1) is 18.5. The van der Waals surface area contributed by atoms with Gasteiger partial charge in [0.25, 0.3) is 0 Å². The molecule has 1 fully saturated rings. The van der Waals surface area contributed by atoms with Gasteiger partial charge in [-0.05, 0) is 69.4 Å².